The molecule has 1 N–H and O–H groups in total. The van der Waals surface area contributed by atoms with Crippen molar-refractivity contribution in [3.63, 3.8) is 0 Å². The summed E-state index contributed by atoms with van der Waals surface area (Å²) in [6.45, 7) is 8.91. The zero-order valence-electron chi connectivity index (χ0n) is 16.5. The van der Waals surface area contributed by atoms with Crippen molar-refractivity contribution in [2.24, 2.45) is 0 Å². The summed E-state index contributed by atoms with van der Waals surface area (Å²) < 4.78 is 41.7. The van der Waals surface area contributed by atoms with Crippen LogP contribution in [0.4, 0.5) is 14.5 Å². The number of anilines is 1. The van der Waals surface area contributed by atoms with Gasteiger partial charge in [-0.1, -0.05) is 0 Å². The molecule has 3 aliphatic heterocycles. The highest BCUT2D eigenvalue weighted by Crippen LogP contribution is 2.46. The molecule has 0 aliphatic carbocycles. The van der Waals surface area contributed by atoms with Gasteiger partial charge in [0, 0.05) is 49.1 Å². The van der Waals surface area contributed by atoms with Crippen LogP contribution >= 0.6 is 0 Å². The van der Waals surface area contributed by atoms with Crippen molar-refractivity contribution in [1.29, 1.82) is 0 Å². The van der Waals surface area contributed by atoms with E-state index in [4.69, 9.17) is 9.31 Å². The molecule has 3 heterocycles. The van der Waals surface area contributed by atoms with Crippen molar-refractivity contribution in [2.75, 3.05) is 25.0 Å². The minimum absolute atomic E-state index is 0.392. The van der Waals surface area contributed by atoms with Crippen LogP contribution in [0.2, 0.25) is 0 Å². The molecule has 0 saturated carbocycles. The fourth-order valence-corrected chi connectivity index (χ4v) is 3.92. The summed E-state index contributed by atoms with van der Waals surface area (Å²) in [5.74, 6) is -0.394. The van der Waals surface area contributed by atoms with Gasteiger partial charge < -0.3 is 19.5 Å². The largest absolute Gasteiger partial charge is 0.525 e. The van der Waals surface area contributed by atoms with Crippen molar-refractivity contribution in [2.45, 2.75) is 45.3 Å². The maximum Gasteiger partial charge on any atom is 0.525 e. The van der Waals surface area contributed by atoms with Crippen LogP contribution in [0, 0.1) is 5.82 Å². The van der Waals surface area contributed by atoms with Gasteiger partial charge in [0.25, 0.3) is 0 Å². The molecule has 0 amide bonds. The maximum absolute atomic E-state index is 15.8. The number of hydrogen-bond donors (Lipinski definition) is 1. The zero-order chi connectivity index (χ0) is 19.6. The normalized spacial score (nSPS) is 25.4. The lowest BCUT2D eigenvalue weighted by Crippen LogP contribution is -2.41. The molecule has 7 heteroatoms. The third kappa shape index (κ3) is 2.84. The molecule has 1 aromatic rings. The monoisotopic (exact) mass is 374 g/mol. The predicted octanol–water partition coefficient (Wildman–Crippen LogP) is 3.83. The SMILES string of the molecule is CN1C2=C(CNCC2)C(=C(F)B2OC(C)(C)C(C)(C)O2)c2cc(F)ccc21. The Balaban J connectivity index is 1.90. The summed E-state index contributed by atoms with van der Waals surface area (Å²) in [7, 11) is 0.834. The molecule has 0 atom stereocenters. The minimum Gasteiger partial charge on any atom is -0.398 e. The number of nitrogens with one attached hydrogen (secondary N) is 1. The van der Waals surface area contributed by atoms with Gasteiger partial charge >= 0.3 is 7.12 Å². The van der Waals surface area contributed by atoms with E-state index in [1.54, 1.807) is 6.07 Å². The summed E-state index contributed by atoms with van der Waals surface area (Å²) in [5, 5.41) is 3.30. The smallest absolute Gasteiger partial charge is 0.398 e. The van der Waals surface area contributed by atoms with E-state index in [0.29, 0.717) is 17.7 Å². The molecule has 0 bridgehead atoms. The van der Waals surface area contributed by atoms with Crippen molar-refractivity contribution in [3.8, 4) is 0 Å². The molecule has 4 rings (SSSR count). The highest BCUT2D eigenvalue weighted by Gasteiger charge is 2.54. The Labute approximate surface area is 159 Å². The van der Waals surface area contributed by atoms with E-state index in [-0.39, 0.29) is 0 Å². The first kappa shape index (κ1) is 18.7. The van der Waals surface area contributed by atoms with Gasteiger partial charge in [0.15, 0.2) is 0 Å². The Bertz CT molecular complexity index is 848. The Morgan fingerprint density at radius 2 is 1.85 bits per heavy atom. The summed E-state index contributed by atoms with van der Waals surface area (Å²) in [4.78, 5) is 2.03. The predicted molar refractivity (Wildman–Crippen MR) is 103 cm³/mol. The van der Waals surface area contributed by atoms with Crippen LogP contribution in [0.25, 0.3) is 5.57 Å². The lowest BCUT2D eigenvalue weighted by Gasteiger charge is -2.37. The Morgan fingerprint density at radius 1 is 1.19 bits per heavy atom. The molecule has 1 saturated heterocycles. The van der Waals surface area contributed by atoms with E-state index >= 15 is 4.39 Å². The summed E-state index contributed by atoms with van der Waals surface area (Å²) in [5.41, 5.74) is 1.82. The molecule has 1 aromatic carbocycles. The second kappa shape index (κ2) is 6.16. The maximum atomic E-state index is 15.8. The molecule has 0 spiro atoms. The third-order valence-corrected chi connectivity index (χ3v) is 6.18. The molecule has 27 heavy (non-hydrogen) atoms. The van der Waals surface area contributed by atoms with Crippen LogP contribution < -0.4 is 10.2 Å². The van der Waals surface area contributed by atoms with Crippen molar-refractivity contribution < 1.29 is 18.1 Å². The molecule has 144 valence electrons. The summed E-state index contributed by atoms with van der Waals surface area (Å²) >= 11 is 0. The van der Waals surface area contributed by atoms with E-state index in [0.717, 1.165) is 29.9 Å². The molecule has 0 aromatic heterocycles. The number of hydrogen-bond acceptors (Lipinski definition) is 4. The van der Waals surface area contributed by atoms with Gasteiger partial charge in [0.05, 0.1) is 11.2 Å². The van der Waals surface area contributed by atoms with Gasteiger partial charge in [-0.2, -0.15) is 0 Å². The average Bonchev–Trinajstić information content (AvgIpc) is 2.82. The van der Waals surface area contributed by atoms with E-state index in [1.165, 1.54) is 12.1 Å². The highest BCUT2D eigenvalue weighted by molar-refractivity contribution is 6.55. The molecule has 3 aliphatic rings. The van der Waals surface area contributed by atoms with Gasteiger partial charge in [-0.15, -0.1) is 0 Å². The zero-order valence-corrected chi connectivity index (χ0v) is 16.5. The standard InChI is InChI=1S/C20H25BF2N2O2/c1-19(2)20(3,4)27-21(26-19)18(23)17-13-10-12(22)6-7-15(13)25(5)16-8-9-24-11-14(16)17/h6-7,10,24H,8-9,11H2,1-5H3. The number of nitrogens with zero attached hydrogens (tertiary/aromatic N) is 1. The summed E-state index contributed by atoms with van der Waals surface area (Å²) in [6, 6.07) is 4.50. The van der Waals surface area contributed by atoms with E-state index in [9.17, 15) is 4.39 Å². The lowest BCUT2D eigenvalue weighted by molar-refractivity contribution is 0.00578. The van der Waals surface area contributed by atoms with Gasteiger partial charge in [-0.3, -0.25) is 0 Å². The quantitative estimate of drug-likeness (QED) is 0.758. The number of fused-ring (bicyclic) bond motifs is 1. The number of halogens is 2. The molecular formula is C20H25BF2N2O2. The minimum atomic E-state index is -1.11. The molecule has 0 radical (unpaired) electrons. The average molecular weight is 374 g/mol. The fourth-order valence-electron chi connectivity index (χ4n) is 3.92. The number of rotatable bonds is 1. The van der Waals surface area contributed by atoms with Gasteiger partial charge in [0.2, 0.25) is 0 Å². The van der Waals surface area contributed by atoms with Crippen LogP contribution in [0.3, 0.4) is 0 Å². The van der Waals surface area contributed by atoms with Crippen LogP contribution in [0.5, 0.6) is 0 Å². The van der Waals surface area contributed by atoms with Crippen molar-refractivity contribution >= 4 is 18.4 Å². The van der Waals surface area contributed by atoms with Crippen LogP contribution in [-0.2, 0) is 9.31 Å². The van der Waals surface area contributed by atoms with Gasteiger partial charge in [0.1, 0.15) is 11.5 Å². The number of benzene rings is 1. The Kier molecular flexibility index (Phi) is 4.25. The Hall–Kier alpha value is -1.70. The first-order chi connectivity index (χ1) is 12.6. The molecule has 4 nitrogen and oxygen atoms in total. The summed E-state index contributed by atoms with van der Waals surface area (Å²) in [6.07, 6.45) is 0.781. The van der Waals surface area contributed by atoms with Crippen LogP contribution in [0.15, 0.2) is 35.2 Å². The molecule has 1 fully saturated rings. The third-order valence-electron chi connectivity index (χ3n) is 6.18. The highest BCUT2D eigenvalue weighted by atomic mass is 19.1. The lowest BCUT2D eigenvalue weighted by atomic mass is 9.77. The first-order valence-electron chi connectivity index (χ1n) is 9.34. The topological polar surface area (TPSA) is 33.7 Å². The van der Waals surface area contributed by atoms with E-state index < -0.39 is 29.9 Å². The molecule has 0 unspecified atom stereocenters. The van der Waals surface area contributed by atoms with Crippen LogP contribution in [-0.4, -0.2) is 38.5 Å². The van der Waals surface area contributed by atoms with E-state index in [2.05, 4.69) is 5.32 Å². The first-order valence-corrected chi connectivity index (χ1v) is 9.34. The second-order valence-electron chi connectivity index (χ2n) is 8.38. The van der Waals surface area contributed by atoms with E-state index in [1.807, 2.05) is 39.6 Å². The molecular weight excluding hydrogens is 349 g/mol. The van der Waals surface area contributed by atoms with Crippen molar-refractivity contribution in [1.82, 2.24) is 5.32 Å². The van der Waals surface area contributed by atoms with Crippen LogP contribution in [0.1, 0.15) is 39.7 Å². The van der Waals surface area contributed by atoms with Gasteiger partial charge in [-0.05, 0) is 51.5 Å². The van der Waals surface area contributed by atoms with Crippen molar-refractivity contribution in [3.05, 3.63) is 46.6 Å². The van der Waals surface area contributed by atoms with Gasteiger partial charge in [-0.25, -0.2) is 8.78 Å². The fraction of sp³-hybridized carbons (Fsp3) is 0.500. The second-order valence-corrected chi connectivity index (χ2v) is 8.38. The Morgan fingerprint density at radius 3 is 2.52 bits per heavy atom.